The first-order valence-corrected chi connectivity index (χ1v) is 7.34. The molecule has 0 aromatic rings. The lowest BCUT2D eigenvalue weighted by atomic mass is 10.1. The van der Waals surface area contributed by atoms with Crippen LogP contribution in [0, 0.1) is 5.92 Å². The van der Waals surface area contributed by atoms with Crippen LogP contribution in [0.25, 0.3) is 0 Å². The molecule has 1 saturated heterocycles. The van der Waals surface area contributed by atoms with E-state index < -0.39 is 0 Å². The Morgan fingerprint density at radius 1 is 1.17 bits per heavy atom. The first-order valence-electron chi connectivity index (χ1n) is 7.34. The third-order valence-electron chi connectivity index (χ3n) is 3.05. The standard InChI is InChI=1S/C9H12.C6H13N.C2H6/c1-9-7-5-3-2-4-6-8-9;1-6-3-4-7(2)5-6;1-2/h2-5,8H,6-7H2,1H3;6H,3-5H2,1-2H3;1-2H3/b4-2?,5-3-,9-8-;;. The molecule has 1 fully saturated rings. The van der Waals surface area contributed by atoms with Gasteiger partial charge in [0.15, 0.2) is 0 Å². The van der Waals surface area contributed by atoms with Gasteiger partial charge in [-0.25, -0.2) is 0 Å². The van der Waals surface area contributed by atoms with Crippen molar-refractivity contribution in [2.24, 2.45) is 5.92 Å². The highest BCUT2D eigenvalue weighted by atomic mass is 15.1. The van der Waals surface area contributed by atoms with Gasteiger partial charge in [-0.15, -0.1) is 0 Å². The summed E-state index contributed by atoms with van der Waals surface area (Å²) >= 11 is 0. The molecular formula is C17H31N. The number of rotatable bonds is 0. The molecule has 2 aliphatic rings. The molecule has 1 unspecified atom stereocenters. The van der Waals surface area contributed by atoms with E-state index in [-0.39, 0.29) is 0 Å². The van der Waals surface area contributed by atoms with Crippen LogP contribution in [0.2, 0.25) is 0 Å². The van der Waals surface area contributed by atoms with E-state index in [0.717, 1.165) is 18.8 Å². The summed E-state index contributed by atoms with van der Waals surface area (Å²) in [4.78, 5) is 2.38. The van der Waals surface area contributed by atoms with Crippen molar-refractivity contribution in [1.29, 1.82) is 0 Å². The zero-order valence-corrected chi connectivity index (χ0v) is 12.9. The van der Waals surface area contributed by atoms with Crippen molar-refractivity contribution in [3.05, 3.63) is 36.0 Å². The Morgan fingerprint density at radius 2 is 1.83 bits per heavy atom. The minimum Gasteiger partial charge on any atom is -0.306 e. The molecule has 104 valence electrons. The monoisotopic (exact) mass is 249 g/mol. The molecule has 1 aliphatic heterocycles. The van der Waals surface area contributed by atoms with Crippen LogP contribution in [0.1, 0.15) is 47.0 Å². The Balaban J connectivity index is 0.000000289. The normalized spacial score (nSPS) is 27.6. The van der Waals surface area contributed by atoms with Crippen LogP contribution in [0.4, 0.5) is 0 Å². The first-order chi connectivity index (χ1) is 8.68. The van der Waals surface area contributed by atoms with Crippen molar-refractivity contribution in [2.75, 3.05) is 20.1 Å². The summed E-state index contributed by atoms with van der Waals surface area (Å²) in [5.41, 5.74) is 1.47. The fourth-order valence-electron chi connectivity index (χ4n) is 2.00. The topological polar surface area (TPSA) is 3.24 Å². The van der Waals surface area contributed by atoms with Gasteiger partial charge in [-0.3, -0.25) is 0 Å². The minimum atomic E-state index is 0.949. The Bertz CT molecular complexity index is 265. The number of nitrogens with zero attached hydrogens (tertiary/aromatic N) is 1. The van der Waals surface area contributed by atoms with E-state index in [0.29, 0.717) is 0 Å². The van der Waals surface area contributed by atoms with Crippen molar-refractivity contribution >= 4 is 0 Å². The first kappa shape index (κ1) is 17.2. The van der Waals surface area contributed by atoms with Gasteiger partial charge in [0.25, 0.3) is 0 Å². The van der Waals surface area contributed by atoms with E-state index in [9.17, 15) is 0 Å². The van der Waals surface area contributed by atoms with Gasteiger partial charge in [0.1, 0.15) is 0 Å². The molecule has 1 heteroatoms. The quantitative estimate of drug-likeness (QED) is 0.556. The Morgan fingerprint density at radius 3 is 2.33 bits per heavy atom. The van der Waals surface area contributed by atoms with E-state index in [1.54, 1.807) is 0 Å². The maximum atomic E-state index is 2.38. The van der Waals surface area contributed by atoms with Gasteiger partial charge in [0.2, 0.25) is 0 Å². The lowest BCUT2D eigenvalue weighted by molar-refractivity contribution is 0.402. The van der Waals surface area contributed by atoms with Gasteiger partial charge in [0.05, 0.1) is 0 Å². The largest absolute Gasteiger partial charge is 0.306 e. The summed E-state index contributed by atoms with van der Waals surface area (Å²) in [6.45, 7) is 11.1. The van der Waals surface area contributed by atoms with E-state index >= 15 is 0 Å². The maximum absolute atomic E-state index is 2.38. The molecular weight excluding hydrogens is 218 g/mol. The molecule has 0 N–H and O–H groups in total. The molecule has 1 aliphatic carbocycles. The van der Waals surface area contributed by atoms with Crippen molar-refractivity contribution in [2.45, 2.75) is 47.0 Å². The number of likely N-dealkylation sites (tertiary alicyclic amines) is 1. The number of hydrogen-bond donors (Lipinski definition) is 0. The van der Waals surface area contributed by atoms with E-state index in [4.69, 9.17) is 0 Å². The molecule has 0 aromatic heterocycles. The predicted molar refractivity (Wildman–Crippen MR) is 83.9 cm³/mol. The van der Waals surface area contributed by atoms with Gasteiger partial charge in [-0.2, -0.15) is 0 Å². The van der Waals surface area contributed by atoms with Gasteiger partial charge in [-0.1, -0.05) is 56.7 Å². The fourth-order valence-corrected chi connectivity index (χ4v) is 2.00. The summed E-state index contributed by atoms with van der Waals surface area (Å²) in [6, 6.07) is 0. The molecule has 1 heterocycles. The van der Waals surface area contributed by atoms with Gasteiger partial charge < -0.3 is 4.90 Å². The van der Waals surface area contributed by atoms with Crippen LogP contribution >= 0.6 is 0 Å². The fraction of sp³-hybridized carbons (Fsp3) is 0.647. The highest BCUT2D eigenvalue weighted by Crippen LogP contribution is 2.11. The van der Waals surface area contributed by atoms with Gasteiger partial charge >= 0.3 is 0 Å². The van der Waals surface area contributed by atoms with Crippen LogP contribution in [0.15, 0.2) is 36.0 Å². The molecule has 0 bridgehead atoms. The van der Waals surface area contributed by atoms with Crippen LogP contribution in [-0.2, 0) is 0 Å². The highest BCUT2D eigenvalue weighted by Gasteiger charge is 2.13. The molecule has 1 atom stereocenters. The highest BCUT2D eigenvalue weighted by molar-refractivity contribution is 5.14. The SMILES string of the molecule is C/C1=C/CC=C/C=C\C1.CC.CC1CCN(C)C1. The third-order valence-corrected chi connectivity index (χ3v) is 3.05. The summed E-state index contributed by atoms with van der Waals surface area (Å²) < 4.78 is 0. The van der Waals surface area contributed by atoms with Crippen LogP contribution < -0.4 is 0 Å². The van der Waals surface area contributed by atoms with Gasteiger partial charge in [-0.05, 0) is 45.7 Å². The summed E-state index contributed by atoms with van der Waals surface area (Å²) in [5, 5.41) is 0. The van der Waals surface area contributed by atoms with E-state index in [2.05, 4.69) is 56.2 Å². The van der Waals surface area contributed by atoms with Crippen molar-refractivity contribution in [3.8, 4) is 0 Å². The maximum Gasteiger partial charge on any atom is 0.000445 e. The summed E-state index contributed by atoms with van der Waals surface area (Å²) in [5.74, 6) is 0.949. The second-order valence-corrected chi connectivity index (χ2v) is 5.00. The van der Waals surface area contributed by atoms with Crippen molar-refractivity contribution < 1.29 is 0 Å². The molecule has 1 nitrogen and oxygen atoms in total. The zero-order chi connectivity index (χ0) is 13.8. The van der Waals surface area contributed by atoms with Crippen LogP contribution in [0.5, 0.6) is 0 Å². The molecule has 0 spiro atoms. The number of allylic oxidation sites excluding steroid dienone is 6. The number of hydrogen-bond acceptors (Lipinski definition) is 1. The molecule has 2 rings (SSSR count). The molecule has 0 saturated carbocycles. The molecule has 0 amide bonds. The smallest absolute Gasteiger partial charge is 0.000445 e. The molecule has 0 radical (unpaired) electrons. The van der Waals surface area contributed by atoms with Crippen LogP contribution in [0.3, 0.4) is 0 Å². The van der Waals surface area contributed by atoms with Crippen molar-refractivity contribution in [3.63, 3.8) is 0 Å². The Labute approximate surface area is 114 Å². The lowest BCUT2D eigenvalue weighted by Crippen LogP contribution is -2.12. The zero-order valence-electron chi connectivity index (χ0n) is 12.9. The predicted octanol–water partition coefficient (Wildman–Crippen LogP) is 4.82. The molecule has 18 heavy (non-hydrogen) atoms. The average Bonchev–Trinajstić information content (AvgIpc) is 2.71. The second kappa shape index (κ2) is 11.3. The Hall–Kier alpha value is -0.820. The minimum absolute atomic E-state index is 0.949. The third kappa shape index (κ3) is 9.23. The summed E-state index contributed by atoms with van der Waals surface area (Å²) in [7, 11) is 2.18. The van der Waals surface area contributed by atoms with E-state index in [1.807, 2.05) is 13.8 Å². The second-order valence-electron chi connectivity index (χ2n) is 5.00. The summed E-state index contributed by atoms with van der Waals surface area (Å²) in [6.07, 6.45) is 14.4. The lowest BCUT2D eigenvalue weighted by Gasteiger charge is -2.03. The van der Waals surface area contributed by atoms with Crippen LogP contribution in [-0.4, -0.2) is 25.0 Å². The van der Waals surface area contributed by atoms with Gasteiger partial charge in [0, 0.05) is 6.54 Å². The van der Waals surface area contributed by atoms with Crippen molar-refractivity contribution in [1.82, 2.24) is 4.90 Å². The Kier molecular flexibility index (Phi) is 10.8. The van der Waals surface area contributed by atoms with E-state index in [1.165, 1.54) is 25.1 Å². The molecule has 0 aromatic carbocycles. The average molecular weight is 249 g/mol.